The molecule has 0 aliphatic heterocycles. The van der Waals surface area contributed by atoms with E-state index in [1.165, 1.54) is 28.0 Å². The van der Waals surface area contributed by atoms with Gasteiger partial charge in [-0.15, -0.1) is 0 Å². The Labute approximate surface area is 162 Å². The van der Waals surface area contributed by atoms with Gasteiger partial charge in [0.25, 0.3) is 0 Å². The number of hydrogen-bond acceptors (Lipinski definition) is 3. The van der Waals surface area contributed by atoms with Gasteiger partial charge in [-0.2, -0.15) is 5.48 Å². The average molecular weight is 368 g/mol. The van der Waals surface area contributed by atoms with E-state index in [2.05, 4.69) is 68.1 Å². The lowest BCUT2D eigenvalue weighted by Gasteiger charge is -2.19. The highest BCUT2D eigenvalue weighted by molar-refractivity contribution is 8.02. The molecule has 138 valence electrons. The third-order valence-corrected chi connectivity index (χ3v) is 5.74. The van der Waals surface area contributed by atoms with Gasteiger partial charge >= 0.3 is 0 Å². The molecule has 1 N–H and O–H groups in total. The first-order valence-electron chi connectivity index (χ1n) is 9.40. The van der Waals surface area contributed by atoms with E-state index in [0.29, 0.717) is 12.6 Å². The maximum atomic E-state index is 5.74. The fraction of sp³-hybridized carbons (Fsp3) is 0.391. The minimum Gasteiger partial charge on any atom is -0.296 e. The summed E-state index contributed by atoms with van der Waals surface area (Å²) >= 11 is 1.81. The van der Waals surface area contributed by atoms with Crippen LogP contribution in [0.2, 0.25) is 0 Å². The zero-order valence-electron chi connectivity index (χ0n) is 16.0. The van der Waals surface area contributed by atoms with E-state index in [1.807, 2.05) is 30.0 Å². The molecule has 1 unspecified atom stereocenters. The minimum atomic E-state index is 0.207. The van der Waals surface area contributed by atoms with Crippen LogP contribution in [0.15, 0.2) is 70.5 Å². The van der Waals surface area contributed by atoms with Crippen molar-refractivity contribution in [2.24, 2.45) is 0 Å². The van der Waals surface area contributed by atoms with Crippen molar-refractivity contribution in [1.82, 2.24) is 5.48 Å². The van der Waals surface area contributed by atoms with Gasteiger partial charge in [-0.1, -0.05) is 75.0 Å². The molecule has 3 heteroatoms. The van der Waals surface area contributed by atoms with Crippen molar-refractivity contribution in [3.8, 4) is 0 Å². The summed E-state index contributed by atoms with van der Waals surface area (Å²) in [6.07, 6.45) is 3.52. The van der Waals surface area contributed by atoms with Crippen LogP contribution in [0.25, 0.3) is 0 Å². The Morgan fingerprint density at radius 3 is 2.50 bits per heavy atom. The van der Waals surface area contributed by atoms with Crippen molar-refractivity contribution in [1.29, 1.82) is 0 Å². The maximum absolute atomic E-state index is 5.74. The van der Waals surface area contributed by atoms with Gasteiger partial charge < -0.3 is 0 Å². The third kappa shape index (κ3) is 5.47. The van der Waals surface area contributed by atoms with Crippen molar-refractivity contribution < 1.29 is 4.84 Å². The van der Waals surface area contributed by atoms with Crippen LogP contribution in [0, 0.1) is 0 Å². The summed E-state index contributed by atoms with van der Waals surface area (Å²) in [6.45, 7) is 7.36. The molecular formula is C23H29NOS. The monoisotopic (exact) mass is 367 g/mol. The molecule has 2 aromatic rings. The molecule has 26 heavy (non-hydrogen) atoms. The molecule has 0 saturated heterocycles. The molecule has 1 saturated carbocycles. The molecule has 3 rings (SSSR count). The van der Waals surface area contributed by atoms with Gasteiger partial charge in [0.1, 0.15) is 0 Å². The second-order valence-electron chi connectivity index (χ2n) is 7.92. The van der Waals surface area contributed by atoms with Crippen LogP contribution >= 0.6 is 11.8 Å². The highest BCUT2D eigenvalue weighted by Gasteiger charge is 2.21. The predicted octanol–water partition coefficient (Wildman–Crippen LogP) is 6.23. The van der Waals surface area contributed by atoms with Crippen LogP contribution in [0.5, 0.6) is 0 Å². The Morgan fingerprint density at radius 1 is 1.08 bits per heavy atom. The lowest BCUT2D eigenvalue weighted by molar-refractivity contribution is 0.0125. The van der Waals surface area contributed by atoms with Gasteiger partial charge in [-0.05, 0) is 58.9 Å². The fourth-order valence-electron chi connectivity index (χ4n) is 3.12. The molecule has 0 heterocycles. The van der Waals surface area contributed by atoms with Crippen molar-refractivity contribution in [2.45, 2.75) is 63.0 Å². The molecular weight excluding hydrogens is 338 g/mol. The van der Waals surface area contributed by atoms with Gasteiger partial charge in [0.05, 0.1) is 12.6 Å². The molecule has 0 radical (unpaired) electrons. The predicted molar refractivity (Wildman–Crippen MR) is 111 cm³/mol. The zero-order chi connectivity index (χ0) is 18.4. The topological polar surface area (TPSA) is 21.3 Å². The van der Waals surface area contributed by atoms with Crippen molar-refractivity contribution in [3.05, 3.63) is 76.7 Å². The second-order valence-corrected chi connectivity index (χ2v) is 8.86. The summed E-state index contributed by atoms with van der Waals surface area (Å²) in [4.78, 5) is 7.03. The third-order valence-electron chi connectivity index (χ3n) is 4.78. The Hall–Kier alpha value is -1.55. The van der Waals surface area contributed by atoms with Crippen LogP contribution < -0.4 is 5.48 Å². The average Bonchev–Trinajstić information content (AvgIpc) is 3.08. The number of hydrogen-bond donors (Lipinski definition) is 1. The maximum Gasteiger partial charge on any atom is 0.0933 e. The largest absolute Gasteiger partial charge is 0.296 e. The van der Waals surface area contributed by atoms with E-state index in [1.54, 1.807) is 0 Å². The lowest BCUT2D eigenvalue weighted by atomic mass is 9.87. The molecule has 2 aromatic carbocycles. The first kappa shape index (κ1) is 19.2. The van der Waals surface area contributed by atoms with Crippen molar-refractivity contribution in [3.63, 3.8) is 0 Å². The number of benzene rings is 2. The number of hydroxylamine groups is 1. The molecule has 0 spiro atoms. The van der Waals surface area contributed by atoms with Gasteiger partial charge in [-0.3, -0.25) is 4.84 Å². The molecule has 1 fully saturated rings. The van der Waals surface area contributed by atoms with E-state index in [9.17, 15) is 0 Å². The second kappa shape index (κ2) is 8.90. The highest BCUT2D eigenvalue weighted by atomic mass is 32.2. The first-order valence-corrected chi connectivity index (χ1v) is 10.3. The molecule has 0 aromatic heterocycles. The molecule has 1 aliphatic rings. The Balaban J connectivity index is 1.52. The van der Waals surface area contributed by atoms with Crippen molar-refractivity contribution in [2.75, 3.05) is 0 Å². The van der Waals surface area contributed by atoms with Gasteiger partial charge in [-0.25, -0.2) is 0 Å². The van der Waals surface area contributed by atoms with Crippen molar-refractivity contribution >= 4 is 11.8 Å². The van der Waals surface area contributed by atoms with Crippen LogP contribution in [0.3, 0.4) is 0 Å². The van der Waals surface area contributed by atoms with Crippen LogP contribution in [0.1, 0.15) is 51.2 Å². The normalized spacial score (nSPS) is 19.2. The van der Waals surface area contributed by atoms with E-state index in [0.717, 1.165) is 12.8 Å². The minimum absolute atomic E-state index is 0.207. The smallest absolute Gasteiger partial charge is 0.0933 e. The summed E-state index contributed by atoms with van der Waals surface area (Å²) in [5.74, 6) is 0. The summed E-state index contributed by atoms with van der Waals surface area (Å²) in [7, 11) is 0. The molecule has 0 bridgehead atoms. The van der Waals surface area contributed by atoms with Crippen LogP contribution in [0.4, 0.5) is 0 Å². The van der Waals surface area contributed by atoms with Crippen LogP contribution in [-0.2, 0) is 16.9 Å². The van der Waals surface area contributed by atoms with E-state index in [-0.39, 0.29) is 5.41 Å². The molecule has 1 atom stereocenters. The number of nitrogens with one attached hydrogen (secondary N) is 1. The summed E-state index contributed by atoms with van der Waals surface area (Å²) < 4.78 is 0. The Morgan fingerprint density at radius 2 is 1.81 bits per heavy atom. The highest BCUT2D eigenvalue weighted by Crippen LogP contribution is 2.31. The van der Waals surface area contributed by atoms with Gasteiger partial charge in [0, 0.05) is 4.90 Å². The Bertz CT molecular complexity index is 716. The van der Waals surface area contributed by atoms with Gasteiger partial charge in [0.15, 0.2) is 0 Å². The summed E-state index contributed by atoms with van der Waals surface area (Å²) in [5.41, 5.74) is 7.49. The lowest BCUT2D eigenvalue weighted by Crippen LogP contribution is -2.27. The molecule has 1 aliphatic carbocycles. The molecule has 0 amide bonds. The first-order chi connectivity index (χ1) is 12.5. The molecule has 2 nitrogen and oxygen atoms in total. The zero-order valence-corrected chi connectivity index (χ0v) is 16.8. The van der Waals surface area contributed by atoms with E-state index >= 15 is 0 Å². The van der Waals surface area contributed by atoms with Crippen LogP contribution in [-0.4, -0.2) is 6.04 Å². The summed E-state index contributed by atoms with van der Waals surface area (Å²) in [6, 6.07) is 19.6. The van der Waals surface area contributed by atoms with Gasteiger partial charge in [0.2, 0.25) is 0 Å². The number of rotatable bonds is 6. The SMILES string of the molecule is CC(C)(C)c1ccc(S/C=C2/CCCC2NOCc2ccccc2)cc1. The standard InChI is InChI=1S/C23H29NOS/c1-23(2,3)20-12-14-21(15-13-20)26-17-19-10-7-11-22(19)24-25-16-18-8-5-4-6-9-18/h4-6,8-9,12-15,17,22,24H,7,10-11,16H2,1-3H3/b19-17-. The summed E-state index contributed by atoms with van der Waals surface area (Å²) in [5, 5.41) is 2.31. The van der Waals surface area contributed by atoms with E-state index in [4.69, 9.17) is 4.84 Å². The van der Waals surface area contributed by atoms with E-state index < -0.39 is 0 Å². The number of thioether (sulfide) groups is 1. The Kier molecular flexibility index (Phi) is 6.58. The fourth-order valence-corrected chi connectivity index (χ4v) is 3.99. The quantitative estimate of drug-likeness (QED) is 0.483.